The molecule has 146 valence electrons. The summed E-state index contributed by atoms with van der Waals surface area (Å²) in [6.07, 6.45) is 5.67. The third kappa shape index (κ3) is 2.80. The van der Waals surface area contributed by atoms with Gasteiger partial charge in [-0.25, -0.2) is 0 Å². The number of aromatic hydroxyl groups is 3. The average molecular weight is 388 g/mol. The van der Waals surface area contributed by atoms with Crippen LogP contribution in [0.5, 0.6) is 17.2 Å². The van der Waals surface area contributed by atoms with E-state index < -0.39 is 5.60 Å². The van der Waals surface area contributed by atoms with Gasteiger partial charge < -0.3 is 25.7 Å². The first-order valence-corrected chi connectivity index (χ1v) is 9.42. The number of pyridine rings is 1. The topological polar surface area (TPSA) is 106 Å². The monoisotopic (exact) mass is 388 g/mol. The Hall–Kier alpha value is -3.51. The molecule has 0 amide bonds. The second-order valence-electron chi connectivity index (χ2n) is 7.69. The first-order chi connectivity index (χ1) is 13.9. The van der Waals surface area contributed by atoms with Gasteiger partial charge >= 0.3 is 0 Å². The van der Waals surface area contributed by atoms with Crippen molar-refractivity contribution in [3.05, 3.63) is 76.6 Å². The number of rotatable bonds is 2. The lowest BCUT2D eigenvalue weighted by Crippen LogP contribution is -2.45. The number of nitrogens with zero attached hydrogens (tertiary/aromatic N) is 1. The SMILES string of the molecule is Oc1cc2c(cc1O)[C@@H]1c3cc(/C=C/c4ccccn4)c(O)cc3NC[C@]1(O)C2. The highest BCUT2D eigenvalue weighted by Crippen LogP contribution is 2.52. The molecule has 0 spiro atoms. The van der Waals surface area contributed by atoms with Crippen LogP contribution in [0.3, 0.4) is 0 Å². The van der Waals surface area contributed by atoms with Gasteiger partial charge in [0.15, 0.2) is 11.5 Å². The molecule has 3 aromatic rings. The predicted octanol–water partition coefficient (Wildman–Crippen LogP) is 3.21. The van der Waals surface area contributed by atoms with Crippen molar-refractivity contribution in [3.63, 3.8) is 0 Å². The van der Waals surface area contributed by atoms with Crippen molar-refractivity contribution in [3.8, 4) is 17.2 Å². The highest BCUT2D eigenvalue weighted by atomic mass is 16.3. The number of hydrogen-bond acceptors (Lipinski definition) is 6. The van der Waals surface area contributed by atoms with E-state index in [-0.39, 0.29) is 23.2 Å². The van der Waals surface area contributed by atoms with E-state index in [9.17, 15) is 20.4 Å². The molecule has 6 nitrogen and oxygen atoms in total. The van der Waals surface area contributed by atoms with Gasteiger partial charge in [0.1, 0.15) is 5.75 Å². The molecule has 2 aromatic carbocycles. The van der Waals surface area contributed by atoms with Crippen LogP contribution in [0.2, 0.25) is 0 Å². The molecule has 29 heavy (non-hydrogen) atoms. The maximum absolute atomic E-state index is 11.3. The molecule has 5 rings (SSSR count). The number of β-amino-alcohol motifs (C(OH)–C–C–N with tert-alkyl or cyclic N) is 1. The molecule has 1 aliphatic heterocycles. The van der Waals surface area contributed by atoms with Crippen molar-refractivity contribution in [1.82, 2.24) is 4.98 Å². The third-order valence-electron chi connectivity index (χ3n) is 5.80. The summed E-state index contributed by atoms with van der Waals surface area (Å²) in [6, 6.07) is 12.2. The van der Waals surface area contributed by atoms with Crippen LogP contribution in [0, 0.1) is 0 Å². The molecule has 0 saturated heterocycles. The van der Waals surface area contributed by atoms with Crippen molar-refractivity contribution < 1.29 is 20.4 Å². The summed E-state index contributed by atoms with van der Waals surface area (Å²) in [6.45, 7) is 0.309. The van der Waals surface area contributed by atoms with E-state index in [1.165, 1.54) is 12.1 Å². The Labute approximate surface area is 167 Å². The Kier molecular flexibility index (Phi) is 3.79. The fourth-order valence-electron chi connectivity index (χ4n) is 4.45. The number of phenols is 3. The Morgan fingerprint density at radius 2 is 1.79 bits per heavy atom. The fraction of sp³-hybridized carbons (Fsp3) is 0.174. The first kappa shape index (κ1) is 17.6. The molecule has 0 radical (unpaired) electrons. The number of anilines is 1. The lowest BCUT2D eigenvalue weighted by molar-refractivity contribution is 0.0454. The Morgan fingerprint density at radius 1 is 0.966 bits per heavy atom. The van der Waals surface area contributed by atoms with E-state index in [0.29, 0.717) is 18.5 Å². The van der Waals surface area contributed by atoms with Gasteiger partial charge in [0.25, 0.3) is 0 Å². The molecule has 0 saturated carbocycles. The predicted molar refractivity (Wildman–Crippen MR) is 110 cm³/mol. The summed E-state index contributed by atoms with van der Waals surface area (Å²) in [7, 11) is 0. The van der Waals surface area contributed by atoms with E-state index in [4.69, 9.17) is 0 Å². The highest BCUT2D eigenvalue weighted by molar-refractivity contribution is 5.76. The number of benzene rings is 2. The van der Waals surface area contributed by atoms with Gasteiger partial charge in [-0.1, -0.05) is 6.07 Å². The van der Waals surface area contributed by atoms with Crippen molar-refractivity contribution in [2.75, 3.05) is 11.9 Å². The van der Waals surface area contributed by atoms with Crippen molar-refractivity contribution >= 4 is 17.8 Å². The lowest BCUT2D eigenvalue weighted by atomic mass is 9.78. The van der Waals surface area contributed by atoms with Crippen LogP contribution in [-0.4, -0.2) is 37.6 Å². The second-order valence-corrected chi connectivity index (χ2v) is 7.69. The number of phenolic OH excluding ortho intramolecular Hbond substituents is 3. The quantitative estimate of drug-likeness (QED) is 0.432. The van der Waals surface area contributed by atoms with Crippen LogP contribution in [0.4, 0.5) is 5.69 Å². The molecular formula is C23H20N2O4. The van der Waals surface area contributed by atoms with Crippen LogP contribution in [0.15, 0.2) is 48.7 Å². The maximum Gasteiger partial charge on any atom is 0.157 e. The summed E-state index contributed by atoms with van der Waals surface area (Å²) < 4.78 is 0. The number of aliphatic hydroxyl groups is 1. The Balaban J connectivity index is 1.62. The molecule has 0 fully saturated rings. The van der Waals surface area contributed by atoms with Gasteiger partial charge in [-0.05, 0) is 59.2 Å². The maximum atomic E-state index is 11.3. The van der Waals surface area contributed by atoms with Crippen molar-refractivity contribution in [1.29, 1.82) is 0 Å². The van der Waals surface area contributed by atoms with E-state index in [0.717, 1.165) is 28.1 Å². The summed E-state index contributed by atoms with van der Waals surface area (Å²) in [5.41, 5.74) is 3.47. The zero-order valence-corrected chi connectivity index (χ0v) is 15.5. The van der Waals surface area contributed by atoms with Crippen LogP contribution in [0.1, 0.15) is 33.9 Å². The molecule has 1 aliphatic carbocycles. The van der Waals surface area contributed by atoms with Gasteiger partial charge in [-0.3, -0.25) is 4.98 Å². The molecule has 0 unspecified atom stereocenters. The zero-order valence-electron chi connectivity index (χ0n) is 15.5. The molecule has 2 heterocycles. The van der Waals surface area contributed by atoms with Gasteiger partial charge in [0, 0.05) is 42.4 Å². The number of aromatic nitrogens is 1. The van der Waals surface area contributed by atoms with Crippen LogP contribution in [0.25, 0.3) is 12.2 Å². The minimum Gasteiger partial charge on any atom is -0.507 e. The van der Waals surface area contributed by atoms with Crippen LogP contribution >= 0.6 is 0 Å². The average Bonchev–Trinajstić information content (AvgIpc) is 2.99. The third-order valence-corrected chi connectivity index (χ3v) is 5.80. The Bertz CT molecular complexity index is 1140. The zero-order chi connectivity index (χ0) is 20.2. The minimum atomic E-state index is -1.07. The van der Waals surface area contributed by atoms with Gasteiger partial charge in [-0.2, -0.15) is 0 Å². The van der Waals surface area contributed by atoms with Crippen LogP contribution in [-0.2, 0) is 6.42 Å². The normalized spacial score (nSPS) is 22.0. The summed E-state index contributed by atoms with van der Waals surface area (Å²) in [5.74, 6) is -0.644. The van der Waals surface area contributed by atoms with Crippen molar-refractivity contribution in [2.24, 2.45) is 0 Å². The minimum absolute atomic E-state index is 0.126. The number of fused-ring (bicyclic) bond motifs is 5. The number of nitrogens with one attached hydrogen (secondary N) is 1. The van der Waals surface area contributed by atoms with Gasteiger partial charge in [-0.15, -0.1) is 0 Å². The lowest BCUT2D eigenvalue weighted by Gasteiger charge is -2.37. The summed E-state index contributed by atoms with van der Waals surface area (Å²) >= 11 is 0. The highest BCUT2D eigenvalue weighted by Gasteiger charge is 2.49. The first-order valence-electron chi connectivity index (χ1n) is 9.42. The Morgan fingerprint density at radius 3 is 2.59 bits per heavy atom. The van der Waals surface area contributed by atoms with Gasteiger partial charge in [0.2, 0.25) is 0 Å². The van der Waals surface area contributed by atoms with E-state index >= 15 is 0 Å². The summed E-state index contributed by atoms with van der Waals surface area (Å²) in [4.78, 5) is 4.25. The smallest absolute Gasteiger partial charge is 0.157 e. The van der Waals surface area contributed by atoms with E-state index in [2.05, 4.69) is 10.3 Å². The fourth-order valence-corrected chi connectivity index (χ4v) is 4.45. The van der Waals surface area contributed by atoms with Gasteiger partial charge in [0.05, 0.1) is 11.3 Å². The molecule has 5 N–H and O–H groups in total. The van der Waals surface area contributed by atoms with Crippen molar-refractivity contribution in [2.45, 2.75) is 17.9 Å². The van der Waals surface area contributed by atoms with Crippen LogP contribution < -0.4 is 5.32 Å². The van der Waals surface area contributed by atoms with E-state index in [1.54, 1.807) is 18.3 Å². The van der Waals surface area contributed by atoms with E-state index in [1.807, 2.05) is 30.3 Å². The summed E-state index contributed by atoms with van der Waals surface area (Å²) in [5, 5.41) is 44.9. The molecule has 2 atom stereocenters. The molecule has 2 aliphatic rings. The number of hydrogen-bond donors (Lipinski definition) is 5. The molecule has 6 heteroatoms. The standard InChI is InChI=1S/C23H20N2O4/c26-19-10-18-17(7-13(19)4-5-15-3-1-2-6-24-15)22-16-9-21(28)20(27)8-14(16)11-23(22,29)12-25-18/h1-10,22,25-29H,11-12H2/b5-4+/t22-,23-/m1/s1. The molecule has 1 aromatic heterocycles. The molecule has 0 bridgehead atoms. The largest absolute Gasteiger partial charge is 0.507 e. The second kappa shape index (κ2) is 6.25. The molecular weight excluding hydrogens is 368 g/mol.